The third-order valence-corrected chi connectivity index (χ3v) is 22.8. The van der Waals surface area contributed by atoms with Crippen LogP contribution in [0.5, 0.6) is 0 Å². The number of hydrogen-bond acceptors (Lipinski definition) is 28. The number of methoxy groups -OCH3 is 1. The number of fused-ring (bicyclic) bond motifs is 4. The number of aryl methyl sites for hydroxylation is 1. The van der Waals surface area contributed by atoms with Gasteiger partial charge in [0.1, 0.15) is 103 Å². The number of halogens is 1. The maximum atomic E-state index is 13.2. The monoisotopic (exact) mass is 1760 g/mol. The van der Waals surface area contributed by atoms with E-state index in [1.54, 1.807) is 162 Å². The average Bonchev–Trinajstić information content (AvgIpc) is 1.63. The van der Waals surface area contributed by atoms with E-state index in [1.165, 1.54) is 50.6 Å². The van der Waals surface area contributed by atoms with Gasteiger partial charge >= 0.3 is 0 Å². The van der Waals surface area contributed by atoms with Crippen molar-refractivity contribution in [3.05, 3.63) is 234 Å². The summed E-state index contributed by atoms with van der Waals surface area (Å²) in [6, 6.07) is 26.1. The molecule has 1 saturated heterocycles. The number of carbonyl (C=O) groups excluding carboxylic acids is 4. The molecule has 4 aliphatic carbocycles. The Morgan fingerprint density at radius 2 is 0.837 bits per heavy atom. The molecule has 0 aromatic carbocycles. The average molecular weight is 1760 g/mol. The summed E-state index contributed by atoms with van der Waals surface area (Å²) in [4.78, 5) is 129. The number of hydrogen-bond donors (Lipinski definition) is 12. The molecule has 14 aromatic heterocycles. The molecule has 670 valence electrons. The molecule has 14 aromatic rings. The van der Waals surface area contributed by atoms with Gasteiger partial charge in [-0.3, -0.25) is 52.5 Å². The van der Waals surface area contributed by atoms with Gasteiger partial charge in [-0.2, -0.15) is 38.5 Å². The van der Waals surface area contributed by atoms with E-state index in [0.29, 0.717) is 134 Å². The van der Waals surface area contributed by atoms with Crippen molar-refractivity contribution in [2.24, 2.45) is 0 Å². The fraction of sp³-hybridized carbons (Fsp3) is 0.341. The normalized spacial score (nSPS) is 14.8. The lowest BCUT2D eigenvalue weighted by Gasteiger charge is -2.26. The first-order valence-electron chi connectivity index (χ1n) is 42.3. The molecule has 0 bridgehead atoms. The number of ether oxygens (including phenoxy) is 2. The van der Waals surface area contributed by atoms with E-state index in [1.807, 2.05) is 19.1 Å². The van der Waals surface area contributed by atoms with Crippen molar-refractivity contribution < 1.29 is 33.0 Å². The highest BCUT2D eigenvalue weighted by molar-refractivity contribution is 6.02. The van der Waals surface area contributed by atoms with Gasteiger partial charge in [0.2, 0.25) is 0 Å². The second kappa shape index (κ2) is 39.9. The highest BCUT2D eigenvalue weighted by Crippen LogP contribution is 2.30. The zero-order valence-corrected chi connectivity index (χ0v) is 71.1. The van der Waals surface area contributed by atoms with Crippen LogP contribution in [-0.2, 0) is 16.0 Å². The first-order chi connectivity index (χ1) is 62.3. The molecule has 129 heavy (non-hydrogen) atoms. The number of amides is 4. The molecular weight excluding hydrogens is 1660 g/mol. The number of nitrogens with zero attached hydrogens (tertiary/aromatic N) is 18. The minimum absolute atomic E-state index is 0. The van der Waals surface area contributed by atoms with Gasteiger partial charge in [-0.25, -0.2) is 29.3 Å². The molecular formula is C88H101FN30O10. The summed E-state index contributed by atoms with van der Waals surface area (Å²) < 4.78 is 36.2. The molecule has 5 aliphatic rings. The van der Waals surface area contributed by atoms with Gasteiger partial charge in [-0.15, -0.1) is 0 Å². The van der Waals surface area contributed by atoms with E-state index in [-0.39, 0.29) is 95.0 Å². The van der Waals surface area contributed by atoms with Gasteiger partial charge in [-0.05, 0) is 169 Å². The Balaban J connectivity index is 0.000000132. The van der Waals surface area contributed by atoms with Crippen LogP contribution in [-0.4, -0.2) is 190 Å². The van der Waals surface area contributed by atoms with Crippen molar-refractivity contribution in [1.29, 1.82) is 0 Å². The SMILES string of the molecule is C.CNc1cc(Nc2cccn(-c3ccc(F)cn3)c2=O)nc2c(C(=O)NC3CCC3)cnn12.CNc1cc(Nc2cccn(-c3cncc(C)c3)c2=O)nc2c(C(=O)NC3CCC3)cnn12.CNc1cc(Nc2cccn(C3CCCOC3)c2=O)nc2c(C(=O)NC3CCC3)cnn12.CNc1cc(Nc2cccn(CCOC)c2=O)nc2c(C(=O)NC3CCC3)cnn12. The largest absolute Gasteiger partial charge is 0.383 e. The molecule has 4 saturated carbocycles. The number of anilines is 12. The van der Waals surface area contributed by atoms with E-state index in [4.69, 9.17) is 9.47 Å². The standard InChI is InChI=1S/C23H24N8O2.C22H21FN8O2.C22H27N7O3.C20H25N7O3.CH4/c1-14-9-16(12-25-11-14)30-8-4-7-18(23(30)33)28-19-10-20(24-2)31-21(29-19)17(13-26-31)22(32)27-15-5-3-6-15;1-24-19-10-17(29-20-15(12-26-31(19)20)21(32)27-14-4-2-5-14)28-16-6-3-9-30(22(16)33)18-8-7-13(23)11-25-18;1-23-19-11-18(26-17-8-3-9-28(22(17)31)15-7-4-10-32-13-15)27-20-16(12-24-29(19)20)21(30)25-14-5-2-6-14;1-21-17-11-16(24-15-7-4-8-26(20(15)29)9-10-30-2)25-18-14(12-22-27(17)18)19(28)23-13-5-3-6-13;/h4,7-13,15,24H,3,5-6H2,1-2H3,(H,27,32)(H,28,29);3,6-12,14,24H,2,4-5H2,1H3,(H,27,32)(H,28,29);3,8-9,11-12,14-15,23H,2,4-7,10,13H2,1H3,(H,25,30)(H,26,27);4,7-8,11-13,21H,3,5-6,9-10H2,1-2H3,(H,23,28)(H,24,25);1H4. The van der Waals surface area contributed by atoms with Crippen LogP contribution in [0.2, 0.25) is 0 Å². The van der Waals surface area contributed by atoms with Crippen LogP contribution in [0.15, 0.2) is 178 Å². The number of pyridine rings is 6. The summed E-state index contributed by atoms with van der Waals surface area (Å²) in [6.07, 6.45) is 31.5. The third-order valence-electron chi connectivity index (χ3n) is 22.8. The van der Waals surface area contributed by atoms with Crippen molar-refractivity contribution in [1.82, 2.24) is 108 Å². The molecule has 0 spiro atoms. The van der Waals surface area contributed by atoms with Crippen molar-refractivity contribution in [3.8, 4) is 11.5 Å². The minimum atomic E-state index is -0.490. The molecule has 1 unspecified atom stereocenters. The number of aromatic nitrogens is 18. The molecule has 0 radical (unpaired) electrons. The Morgan fingerprint density at radius 1 is 0.450 bits per heavy atom. The van der Waals surface area contributed by atoms with Gasteiger partial charge in [0.05, 0.1) is 62.1 Å². The zero-order valence-electron chi connectivity index (χ0n) is 71.1. The molecule has 40 nitrogen and oxygen atoms in total. The number of carbonyl (C=O) groups is 4. The Morgan fingerprint density at radius 3 is 1.20 bits per heavy atom. The Kier molecular flexibility index (Phi) is 27.4. The molecule has 15 heterocycles. The summed E-state index contributed by atoms with van der Waals surface area (Å²) in [7, 11) is 8.61. The number of nitrogens with one attached hydrogen (secondary N) is 12. The van der Waals surface area contributed by atoms with Crippen LogP contribution >= 0.6 is 0 Å². The van der Waals surface area contributed by atoms with Crippen molar-refractivity contribution >= 4 is 116 Å². The van der Waals surface area contributed by atoms with E-state index in [0.717, 1.165) is 108 Å². The van der Waals surface area contributed by atoms with Crippen LogP contribution in [0.1, 0.15) is 150 Å². The highest BCUT2D eigenvalue weighted by atomic mass is 19.1. The minimum Gasteiger partial charge on any atom is -0.383 e. The van der Waals surface area contributed by atoms with Crippen LogP contribution in [0.3, 0.4) is 0 Å². The Hall–Kier alpha value is -15.3. The summed E-state index contributed by atoms with van der Waals surface area (Å²) >= 11 is 0. The maximum Gasteiger partial charge on any atom is 0.279 e. The third kappa shape index (κ3) is 19.7. The molecule has 41 heteroatoms. The fourth-order valence-electron chi connectivity index (χ4n) is 14.9. The van der Waals surface area contributed by atoms with Crippen LogP contribution in [0.25, 0.3) is 34.1 Å². The van der Waals surface area contributed by atoms with Crippen LogP contribution in [0.4, 0.5) is 73.7 Å². The molecule has 4 amide bonds. The zero-order chi connectivity index (χ0) is 89.1. The fourth-order valence-corrected chi connectivity index (χ4v) is 14.9. The molecule has 1 atom stereocenters. The lowest BCUT2D eigenvalue weighted by Crippen LogP contribution is -2.39. The Labute approximate surface area is 737 Å². The maximum absolute atomic E-state index is 13.2. The first kappa shape index (κ1) is 88.6. The summed E-state index contributed by atoms with van der Waals surface area (Å²) in [6.45, 7) is 4.08. The Bertz CT molecular complexity index is 6690. The van der Waals surface area contributed by atoms with Crippen molar-refractivity contribution in [2.75, 3.05) is 97.7 Å². The van der Waals surface area contributed by atoms with Gasteiger partial charge in [0.15, 0.2) is 22.6 Å². The van der Waals surface area contributed by atoms with Gasteiger partial charge in [0, 0.05) is 128 Å². The van der Waals surface area contributed by atoms with Crippen LogP contribution in [0, 0.1) is 12.7 Å². The predicted octanol–water partition coefficient (Wildman–Crippen LogP) is 9.68. The second-order valence-electron chi connectivity index (χ2n) is 31.4. The molecule has 19 rings (SSSR count). The lowest BCUT2D eigenvalue weighted by atomic mass is 9.93. The summed E-state index contributed by atoms with van der Waals surface area (Å²) in [5.74, 6) is 3.16. The van der Waals surface area contributed by atoms with Gasteiger partial charge in [0.25, 0.3) is 45.9 Å². The smallest absolute Gasteiger partial charge is 0.279 e. The first-order valence-corrected chi connectivity index (χ1v) is 42.3. The van der Waals surface area contributed by atoms with Crippen molar-refractivity contribution in [3.63, 3.8) is 0 Å². The number of rotatable bonds is 26. The predicted molar refractivity (Wildman–Crippen MR) is 487 cm³/mol. The van der Waals surface area contributed by atoms with E-state index in [2.05, 4.69) is 114 Å². The van der Waals surface area contributed by atoms with Crippen LogP contribution < -0.4 is 86.0 Å². The molecule has 1 aliphatic heterocycles. The van der Waals surface area contributed by atoms with Gasteiger partial charge in [-0.1, -0.05) is 7.43 Å². The van der Waals surface area contributed by atoms with E-state index >= 15 is 0 Å². The summed E-state index contributed by atoms with van der Waals surface area (Å²) in [5, 5.41) is 53.9. The molecule has 5 fully saturated rings. The topological polar surface area (TPSA) is 466 Å². The lowest BCUT2D eigenvalue weighted by molar-refractivity contribution is 0.0580. The highest BCUT2D eigenvalue weighted by Gasteiger charge is 2.30. The second-order valence-corrected chi connectivity index (χ2v) is 31.4. The molecule has 12 N–H and O–H groups in total. The summed E-state index contributed by atoms with van der Waals surface area (Å²) in [5.41, 5.74) is 5.20. The van der Waals surface area contributed by atoms with Gasteiger partial charge < -0.3 is 82.4 Å². The quantitative estimate of drug-likeness (QED) is 0.0240. The van der Waals surface area contributed by atoms with E-state index in [9.17, 15) is 42.7 Å². The van der Waals surface area contributed by atoms with Crippen molar-refractivity contribution in [2.45, 2.75) is 141 Å². The van der Waals surface area contributed by atoms with E-state index < -0.39 is 5.82 Å².